The number of rotatable bonds is 3. The molecule has 1 unspecified atom stereocenters. The normalized spacial score (nSPS) is 11.6. The molecule has 0 spiro atoms. The Bertz CT molecular complexity index is 587. The van der Waals surface area contributed by atoms with Crippen LogP contribution in [-0.4, -0.2) is 0 Å². The monoisotopic (exact) mass is 300 g/mol. The minimum absolute atomic E-state index is 0.359. The van der Waals surface area contributed by atoms with Crippen molar-refractivity contribution in [1.29, 1.82) is 5.26 Å². The van der Waals surface area contributed by atoms with Gasteiger partial charge in [-0.05, 0) is 30.7 Å². The summed E-state index contributed by atoms with van der Waals surface area (Å²) in [4.78, 5) is 0. The van der Waals surface area contributed by atoms with Crippen LogP contribution in [0.2, 0.25) is 0 Å². The van der Waals surface area contributed by atoms with Gasteiger partial charge in [0.05, 0.1) is 6.07 Å². The van der Waals surface area contributed by atoms with E-state index in [2.05, 4.69) is 27.3 Å². The van der Waals surface area contributed by atoms with Crippen molar-refractivity contribution in [3.05, 3.63) is 64.1 Å². The third kappa shape index (κ3) is 2.91. The number of halogens is 1. The Labute approximate surface area is 115 Å². The Morgan fingerprint density at radius 2 is 1.94 bits per heavy atom. The molecule has 18 heavy (non-hydrogen) atoms. The fraction of sp³-hybridized carbons (Fsp3) is 0.133. The molecular weight excluding hydrogens is 288 g/mol. The molecule has 0 aliphatic heterocycles. The van der Waals surface area contributed by atoms with E-state index in [1.54, 1.807) is 0 Å². The predicted octanol–water partition coefficient (Wildman–Crippen LogP) is 4.43. The van der Waals surface area contributed by atoms with Crippen LogP contribution in [0.25, 0.3) is 0 Å². The topological polar surface area (TPSA) is 35.8 Å². The van der Waals surface area contributed by atoms with Gasteiger partial charge in [-0.25, -0.2) is 0 Å². The number of nitriles is 1. The Morgan fingerprint density at radius 1 is 1.17 bits per heavy atom. The van der Waals surface area contributed by atoms with Gasteiger partial charge in [-0.3, -0.25) is 0 Å². The second-order valence-electron chi connectivity index (χ2n) is 4.10. The Hall–Kier alpha value is -1.79. The van der Waals surface area contributed by atoms with Crippen LogP contribution < -0.4 is 5.32 Å². The molecule has 2 rings (SSSR count). The molecule has 0 aliphatic rings. The molecule has 0 fully saturated rings. The summed E-state index contributed by atoms with van der Waals surface area (Å²) in [6.07, 6.45) is 0. The first-order valence-corrected chi connectivity index (χ1v) is 6.47. The van der Waals surface area contributed by atoms with Crippen LogP contribution in [0.3, 0.4) is 0 Å². The molecule has 3 heteroatoms. The van der Waals surface area contributed by atoms with E-state index in [1.807, 2.05) is 55.5 Å². The molecule has 0 saturated carbocycles. The van der Waals surface area contributed by atoms with Crippen molar-refractivity contribution in [1.82, 2.24) is 0 Å². The predicted molar refractivity (Wildman–Crippen MR) is 77.3 cm³/mol. The highest BCUT2D eigenvalue weighted by Gasteiger charge is 2.12. The van der Waals surface area contributed by atoms with Crippen molar-refractivity contribution in [2.24, 2.45) is 0 Å². The smallest absolute Gasteiger partial charge is 0.141 e. The van der Waals surface area contributed by atoms with Crippen LogP contribution in [-0.2, 0) is 0 Å². The van der Waals surface area contributed by atoms with Gasteiger partial charge in [-0.1, -0.05) is 46.3 Å². The minimum atomic E-state index is -0.359. The summed E-state index contributed by atoms with van der Waals surface area (Å²) in [7, 11) is 0. The van der Waals surface area contributed by atoms with Crippen molar-refractivity contribution in [3.63, 3.8) is 0 Å². The second-order valence-corrected chi connectivity index (χ2v) is 4.95. The molecule has 0 aromatic heterocycles. The lowest BCUT2D eigenvalue weighted by Crippen LogP contribution is -2.09. The van der Waals surface area contributed by atoms with E-state index in [9.17, 15) is 5.26 Å². The molecule has 0 radical (unpaired) electrons. The lowest BCUT2D eigenvalue weighted by molar-refractivity contribution is 0.989. The lowest BCUT2D eigenvalue weighted by atomic mass is 10.1. The molecule has 2 aromatic rings. The number of hydrogen-bond acceptors (Lipinski definition) is 2. The van der Waals surface area contributed by atoms with E-state index in [4.69, 9.17) is 0 Å². The third-order valence-electron chi connectivity index (χ3n) is 2.67. The van der Waals surface area contributed by atoms with Crippen LogP contribution in [0, 0.1) is 18.3 Å². The van der Waals surface area contributed by atoms with Gasteiger partial charge in [0.2, 0.25) is 0 Å². The summed E-state index contributed by atoms with van der Waals surface area (Å²) in [5.74, 6) is 0. The number of nitrogens with one attached hydrogen (secondary N) is 1. The zero-order chi connectivity index (χ0) is 13.0. The maximum Gasteiger partial charge on any atom is 0.141 e. The highest BCUT2D eigenvalue weighted by atomic mass is 79.9. The average molecular weight is 301 g/mol. The number of anilines is 1. The van der Waals surface area contributed by atoms with Gasteiger partial charge in [0.1, 0.15) is 6.04 Å². The molecule has 0 amide bonds. The number of benzene rings is 2. The van der Waals surface area contributed by atoms with E-state index in [0.717, 1.165) is 15.7 Å². The van der Waals surface area contributed by atoms with Gasteiger partial charge in [0.25, 0.3) is 0 Å². The molecule has 0 bridgehead atoms. The standard InChI is InChI=1S/C15H13BrN2/c1-11-5-4-6-12(9-11)18-15(10-17)13-7-2-3-8-14(13)16/h2-9,15,18H,1H3. The first-order chi connectivity index (χ1) is 8.70. The largest absolute Gasteiger partial charge is 0.366 e. The molecule has 90 valence electrons. The van der Waals surface area contributed by atoms with Crippen molar-refractivity contribution in [2.75, 3.05) is 5.32 Å². The molecule has 1 atom stereocenters. The summed E-state index contributed by atoms with van der Waals surface area (Å²) < 4.78 is 0.941. The van der Waals surface area contributed by atoms with E-state index in [-0.39, 0.29) is 6.04 Å². The van der Waals surface area contributed by atoms with Gasteiger partial charge >= 0.3 is 0 Å². The number of hydrogen-bond donors (Lipinski definition) is 1. The van der Waals surface area contributed by atoms with Crippen molar-refractivity contribution in [3.8, 4) is 6.07 Å². The Kier molecular flexibility index (Phi) is 4.01. The molecular formula is C15H13BrN2. The number of nitrogens with zero attached hydrogens (tertiary/aromatic N) is 1. The summed E-state index contributed by atoms with van der Waals surface area (Å²) in [6, 6.07) is 17.7. The zero-order valence-corrected chi connectivity index (χ0v) is 11.6. The van der Waals surface area contributed by atoms with Crippen molar-refractivity contribution in [2.45, 2.75) is 13.0 Å². The highest BCUT2D eigenvalue weighted by Crippen LogP contribution is 2.26. The maximum atomic E-state index is 9.30. The van der Waals surface area contributed by atoms with Gasteiger partial charge in [-0.2, -0.15) is 5.26 Å². The lowest BCUT2D eigenvalue weighted by Gasteiger charge is -2.15. The summed E-state index contributed by atoms with van der Waals surface area (Å²) in [5, 5.41) is 12.5. The van der Waals surface area contributed by atoms with Crippen LogP contribution in [0.4, 0.5) is 5.69 Å². The van der Waals surface area contributed by atoms with Gasteiger partial charge in [0, 0.05) is 15.7 Å². The summed E-state index contributed by atoms with van der Waals surface area (Å²) in [6.45, 7) is 2.03. The molecule has 2 nitrogen and oxygen atoms in total. The molecule has 0 heterocycles. The fourth-order valence-electron chi connectivity index (χ4n) is 1.79. The molecule has 1 N–H and O–H groups in total. The van der Waals surface area contributed by atoms with Crippen LogP contribution >= 0.6 is 15.9 Å². The zero-order valence-electron chi connectivity index (χ0n) is 10.0. The van der Waals surface area contributed by atoms with E-state index in [1.165, 1.54) is 5.56 Å². The van der Waals surface area contributed by atoms with Gasteiger partial charge in [-0.15, -0.1) is 0 Å². The van der Waals surface area contributed by atoms with Gasteiger partial charge < -0.3 is 5.32 Å². The van der Waals surface area contributed by atoms with Crippen LogP contribution in [0.1, 0.15) is 17.2 Å². The van der Waals surface area contributed by atoms with E-state index >= 15 is 0 Å². The molecule has 2 aromatic carbocycles. The average Bonchev–Trinajstić information content (AvgIpc) is 2.37. The summed E-state index contributed by atoms with van der Waals surface area (Å²) in [5.41, 5.74) is 3.07. The first-order valence-electron chi connectivity index (χ1n) is 5.68. The first kappa shape index (κ1) is 12.7. The third-order valence-corrected chi connectivity index (χ3v) is 3.40. The SMILES string of the molecule is Cc1cccc(NC(C#N)c2ccccc2Br)c1. The Morgan fingerprint density at radius 3 is 2.61 bits per heavy atom. The minimum Gasteiger partial charge on any atom is -0.366 e. The highest BCUT2D eigenvalue weighted by molar-refractivity contribution is 9.10. The molecule has 0 aliphatic carbocycles. The van der Waals surface area contributed by atoms with E-state index < -0.39 is 0 Å². The van der Waals surface area contributed by atoms with Crippen molar-refractivity contribution < 1.29 is 0 Å². The fourth-order valence-corrected chi connectivity index (χ4v) is 2.30. The second kappa shape index (κ2) is 5.70. The quantitative estimate of drug-likeness (QED) is 0.910. The molecule has 0 saturated heterocycles. The van der Waals surface area contributed by atoms with Crippen molar-refractivity contribution >= 4 is 21.6 Å². The van der Waals surface area contributed by atoms with E-state index in [0.29, 0.717) is 0 Å². The maximum absolute atomic E-state index is 9.30. The number of aryl methyl sites for hydroxylation is 1. The van der Waals surface area contributed by atoms with Crippen LogP contribution in [0.5, 0.6) is 0 Å². The summed E-state index contributed by atoms with van der Waals surface area (Å²) >= 11 is 3.47. The Balaban J connectivity index is 2.26. The van der Waals surface area contributed by atoms with Gasteiger partial charge in [0.15, 0.2) is 0 Å². The van der Waals surface area contributed by atoms with Crippen LogP contribution in [0.15, 0.2) is 53.0 Å².